The first-order valence-corrected chi connectivity index (χ1v) is 29.5. The van der Waals surface area contributed by atoms with Crippen LogP contribution in [-0.2, 0) is 32.3 Å². The molecule has 22 heteroatoms. The molecular weight excluding hydrogens is 1050 g/mol. The Morgan fingerprint density at radius 2 is 1.64 bits per heavy atom. The highest BCUT2D eigenvalue weighted by Gasteiger charge is 2.43. The number of aliphatic imine (C=N–C) groups is 1. The number of rotatable bonds is 20. The molecule has 5 N–H and O–H groups in total. The predicted molar refractivity (Wildman–Crippen MR) is 309 cm³/mol. The molecule has 0 radical (unpaired) electrons. The molecule has 5 aliphatic heterocycles. The summed E-state index contributed by atoms with van der Waals surface area (Å²) in [4.78, 5) is 93.6. The van der Waals surface area contributed by atoms with Gasteiger partial charge in [-0.3, -0.25) is 29.0 Å². The molecule has 5 aliphatic rings. The van der Waals surface area contributed by atoms with E-state index in [0.29, 0.717) is 98.8 Å². The standard InChI is InChI=1S/C59H74F2N14O5S/c1-36(38-18-20-42(60)21-19-38)45-35-81-57(68-45)47-15-13-26-74(47)59(80)52(69-56(78)37(2)63-3)39-22-27-72(28-23-39)50(77)17-11-9-7-6-8-10-16-49(76)65-24-29-75-48-34-71(5)58(79)41-30-40(31-43(61)32-41)46-14-12-25-73(46)55-53(62)66-33-44(67-55)51(48)54(64-4)70-75/h18-21,30-33,37,39,45-47,52,63H,1,6-17,22-29,34-35H2,2-3,5H3,(H2,62,66)(H,65,76)(H,69,78)/t37-,45?,46-,47-,52-/m1/s1. The molecule has 4 aromatic rings. The molecule has 430 valence electrons. The minimum Gasteiger partial charge on any atom is -0.381 e. The zero-order valence-electron chi connectivity index (χ0n) is 46.6. The molecular formula is C59H74F2N14O5S. The molecule has 0 aliphatic carbocycles. The number of aromatic nitrogens is 4. The van der Waals surface area contributed by atoms with Crippen LogP contribution in [0.2, 0.25) is 0 Å². The first-order chi connectivity index (χ1) is 39.1. The van der Waals surface area contributed by atoms with Crippen molar-refractivity contribution in [2.75, 3.05) is 63.2 Å². The number of likely N-dealkylation sites (N-methyl/N-ethyl adjacent to an activating group) is 1. The smallest absolute Gasteiger partial charge is 0.305 e. The number of nitrogen functional groups attached to an aromatic ring is 1. The number of piperidine rings is 1. The zero-order valence-corrected chi connectivity index (χ0v) is 47.4. The highest BCUT2D eigenvalue weighted by atomic mass is 32.2. The van der Waals surface area contributed by atoms with Gasteiger partial charge in [0.15, 0.2) is 11.6 Å². The van der Waals surface area contributed by atoms with Crippen LogP contribution in [0, 0.1) is 24.1 Å². The van der Waals surface area contributed by atoms with Gasteiger partial charge in [0.1, 0.15) is 17.7 Å². The minimum atomic E-state index is -0.739. The number of halogens is 2. The number of nitrogens with zero attached hydrogens (tertiary/aromatic N) is 10. The van der Waals surface area contributed by atoms with E-state index in [4.69, 9.17) is 22.3 Å². The van der Waals surface area contributed by atoms with Gasteiger partial charge in [0.2, 0.25) is 23.6 Å². The SMILES string of the molecule is [C-]#[N+]c1nn(CCNC(=O)CCCCCCCCC(=O)N2CCC([C@@H](NC(=O)[C@@H](C)NC)C(=O)N3CCC[C@@H]3C3=NC(C(=C)c4ccc(F)cc4)CS3)CC2)c2c1-c1cnc(N)c(n1)N1CCC[C@@H]1c1cc(F)cc(c1)C(=O)N(C)C2. The number of amides is 5. The number of carbonyl (C=O) groups excluding carboxylic acids is 5. The Kier molecular flexibility index (Phi) is 19.2. The van der Waals surface area contributed by atoms with Gasteiger partial charge in [-0.2, -0.15) is 4.68 Å². The van der Waals surface area contributed by atoms with E-state index in [1.54, 1.807) is 55.7 Å². The van der Waals surface area contributed by atoms with E-state index >= 15 is 4.39 Å². The summed E-state index contributed by atoms with van der Waals surface area (Å²) in [6.07, 6.45) is 11.6. The highest BCUT2D eigenvalue weighted by molar-refractivity contribution is 8.14. The van der Waals surface area contributed by atoms with Crippen molar-refractivity contribution in [3.8, 4) is 11.3 Å². The summed E-state index contributed by atoms with van der Waals surface area (Å²) in [5.74, 6) is -0.405. The average molecular weight is 1130 g/mol. The number of fused-ring (bicyclic) bond motifs is 9. The largest absolute Gasteiger partial charge is 0.381 e. The van der Waals surface area contributed by atoms with Crippen LogP contribution in [0.1, 0.15) is 130 Å². The third-order valence-corrected chi connectivity index (χ3v) is 17.7. The van der Waals surface area contributed by atoms with Crippen LogP contribution in [0.5, 0.6) is 0 Å². The van der Waals surface area contributed by atoms with Gasteiger partial charge in [-0.1, -0.05) is 51.0 Å². The van der Waals surface area contributed by atoms with Crippen LogP contribution < -0.4 is 26.6 Å². The van der Waals surface area contributed by atoms with Gasteiger partial charge in [-0.05, 0) is 123 Å². The van der Waals surface area contributed by atoms with E-state index in [9.17, 15) is 28.4 Å². The summed E-state index contributed by atoms with van der Waals surface area (Å²) in [6, 6.07) is 8.75. The molecule has 0 saturated carbocycles. The molecule has 5 amide bonds. The third-order valence-electron chi connectivity index (χ3n) is 16.5. The first kappa shape index (κ1) is 58.4. The fraction of sp³-hybridized carbons (Fsp3) is 0.525. The maximum absolute atomic E-state index is 15.1. The lowest BCUT2D eigenvalue weighted by Gasteiger charge is -2.38. The van der Waals surface area contributed by atoms with Crippen molar-refractivity contribution in [3.05, 3.63) is 101 Å². The lowest BCUT2D eigenvalue weighted by atomic mass is 9.87. The van der Waals surface area contributed by atoms with Crippen LogP contribution in [-0.4, -0.2) is 146 Å². The van der Waals surface area contributed by atoms with E-state index in [-0.39, 0.29) is 90.3 Å². The molecule has 7 heterocycles. The summed E-state index contributed by atoms with van der Waals surface area (Å²) in [6.45, 7) is 16.7. The Hall–Kier alpha value is -7.25. The van der Waals surface area contributed by atoms with E-state index in [1.807, 2.05) is 14.7 Å². The number of nitrogens with two attached hydrogens (primary N) is 1. The molecule has 4 bridgehead atoms. The number of benzene rings is 2. The van der Waals surface area contributed by atoms with E-state index in [2.05, 4.69) is 37.5 Å². The minimum absolute atomic E-state index is 0.0144. The van der Waals surface area contributed by atoms with E-state index in [0.717, 1.165) is 67.5 Å². The fourth-order valence-electron chi connectivity index (χ4n) is 11.9. The van der Waals surface area contributed by atoms with Crippen LogP contribution in [0.4, 0.5) is 26.2 Å². The second kappa shape index (κ2) is 26.6. The number of thioether (sulfide) groups is 1. The summed E-state index contributed by atoms with van der Waals surface area (Å²) in [5.41, 5.74) is 10.2. The second-order valence-electron chi connectivity index (χ2n) is 21.9. The molecule has 2 aromatic carbocycles. The van der Waals surface area contributed by atoms with Crippen molar-refractivity contribution in [1.82, 2.24) is 50.4 Å². The monoisotopic (exact) mass is 1130 g/mol. The molecule has 1 unspecified atom stereocenters. The zero-order chi connectivity index (χ0) is 57.3. The molecule has 0 spiro atoms. The topological polar surface area (TPSA) is 221 Å². The normalized spacial score (nSPS) is 19.8. The summed E-state index contributed by atoms with van der Waals surface area (Å²) < 4.78 is 30.4. The average Bonchev–Trinajstić information content (AvgIpc) is 4.33. The molecule has 9 rings (SSSR count). The Labute approximate surface area is 476 Å². The molecule has 3 fully saturated rings. The molecule has 5 atom stereocenters. The quantitative estimate of drug-likeness (QED) is 0.0501. The Bertz CT molecular complexity index is 3070. The van der Waals surface area contributed by atoms with Crippen LogP contribution >= 0.6 is 11.8 Å². The summed E-state index contributed by atoms with van der Waals surface area (Å²) in [7, 11) is 3.32. The number of likely N-dealkylation sites (tertiary alicyclic amines) is 2. The Morgan fingerprint density at radius 3 is 2.38 bits per heavy atom. The Morgan fingerprint density at radius 1 is 0.926 bits per heavy atom. The van der Waals surface area contributed by atoms with Crippen LogP contribution in [0.15, 0.2) is 60.2 Å². The number of hydrogen-bond donors (Lipinski definition) is 4. The van der Waals surface area contributed by atoms with Gasteiger partial charge in [0.25, 0.3) is 5.91 Å². The van der Waals surface area contributed by atoms with Gasteiger partial charge in [0, 0.05) is 63.9 Å². The summed E-state index contributed by atoms with van der Waals surface area (Å²) in [5, 5.41) is 14.6. The number of hydrogen-bond acceptors (Lipinski definition) is 13. The fourth-order valence-corrected chi connectivity index (χ4v) is 13.1. The van der Waals surface area contributed by atoms with Crippen molar-refractivity contribution < 1.29 is 32.8 Å². The van der Waals surface area contributed by atoms with Gasteiger partial charge < -0.3 is 46.1 Å². The number of nitrogens with one attached hydrogen (secondary N) is 3. The molecule has 19 nitrogen and oxygen atoms in total. The van der Waals surface area contributed by atoms with Crippen molar-refractivity contribution in [2.24, 2.45) is 10.9 Å². The maximum Gasteiger partial charge on any atom is 0.305 e. The highest BCUT2D eigenvalue weighted by Crippen LogP contribution is 2.41. The van der Waals surface area contributed by atoms with Crippen molar-refractivity contribution in [1.29, 1.82) is 0 Å². The maximum atomic E-state index is 15.1. The molecule has 3 saturated heterocycles. The van der Waals surface area contributed by atoms with E-state index in [1.165, 1.54) is 35.4 Å². The number of unbranched alkanes of at least 4 members (excludes halogenated alkanes) is 5. The van der Waals surface area contributed by atoms with Gasteiger partial charge in [-0.15, -0.1) is 11.8 Å². The lowest BCUT2D eigenvalue weighted by molar-refractivity contribution is -0.139. The van der Waals surface area contributed by atoms with Gasteiger partial charge in [0.05, 0.1) is 65.4 Å². The van der Waals surface area contributed by atoms with Gasteiger partial charge >= 0.3 is 5.82 Å². The van der Waals surface area contributed by atoms with Gasteiger partial charge in [-0.25, -0.2) is 18.7 Å². The first-order valence-electron chi connectivity index (χ1n) is 28.5. The van der Waals surface area contributed by atoms with E-state index < -0.39 is 23.8 Å². The number of carbonyl (C=O) groups is 5. The van der Waals surface area contributed by atoms with Crippen molar-refractivity contribution >= 4 is 69.4 Å². The van der Waals surface area contributed by atoms with Crippen LogP contribution in [0.25, 0.3) is 21.7 Å². The Balaban J connectivity index is 0.712. The second-order valence-corrected chi connectivity index (χ2v) is 23.0. The van der Waals surface area contributed by atoms with Crippen LogP contribution in [0.3, 0.4) is 0 Å². The van der Waals surface area contributed by atoms with Crippen molar-refractivity contribution in [3.63, 3.8) is 0 Å². The molecule has 2 aromatic heterocycles. The predicted octanol–water partition coefficient (Wildman–Crippen LogP) is 7.46. The lowest BCUT2D eigenvalue weighted by Crippen LogP contribution is -2.58. The molecule has 81 heavy (non-hydrogen) atoms. The summed E-state index contributed by atoms with van der Waals surface area (Å²) >= 11 is 1.63. The van der Waals surface area contributed by atoms with Crippen molar-refractivity contribution in [2.45, 2.75) is 140 Å². The third kappa shape index (κ3) is 13.6. The number of anilines is 2.